The maximum absolute atomic E-state index is 13.1. The highest BCUT2D eigenvalue weighted by Crippen LogP contribution is 2.22. The fourth-order valence-electron chi connectivity index (χ4n) is 3.47. The van der Waals surface area contributed by atoms with Crippen molar-refractivity contribution in [3.05, 3.63) is 58.9 Å². The predicted molar refractivity (Wildman–Crippen MR) is 97.3 cm³/mol. The summed E-state index contributed by atoms with van der Waals surface area (Å²) in [5.74, 6) is -1.04. The average Bonchev–Trinajstić information content (AvgIpc) is 2.90. The number of hydrogen-bond donors (Lipinski definition) is 1. The molecule has 0 aliphatic carbocycles. The lowest BCUT2D eigenvalue weighted by molar-refractivity contribution is -0.139. The van der Waals surface area contributed by atoms with E-state index in [1.165, 1.54) is 5.56 Å². The summed E-state index contributed by atoms with van der Waals surface area (Å²) in [6.45, 7) is 5.74. The normalized spacial score (nSPS) is 17.3. The summed E-state index contributed by atoms with van der Waals surface area (Å²) < 4.78 is 7.50. The maximum Gasteiger partial charge on any atom is 0.305 e. The molecule has 0 radical (unpaired) electrons. The van der Waals surface area contributed by atoms with Crippen molar-refractivity contribution in [1.82, 2.24) is 9.47 Å². The van der Waals surface area contributed by atoms with Gasteiger partial charge in [0.25, 0.3) is 5.91 Å². The molecule has 1 atom stereocenters. The van der Waals surface area contributed by atoms with Crippen LogP contribution in [-0.2, 0) is 16.1 Å². The Morgan fingerprint density at radius 2 is 1.96 bits per heavy atom. The van der Waals surface area contributed by atoms with Crippen LogP contribution >= 0.6 is 0 Å². The first kappa shape index (κ1) is 18.2. The van der Waals surface area contributed by atoms with Crippen molar-refractivity contribution in [2.45, 2.75) is 32.9 Å². The molecular weight excluding hydrogens is 332 g/mol. The van der Waals surface area contributed by atoms with Crippen LogP contribution in [0.15, 0.2) is 36.4 Å². The molecule has 0 bridgehead atoms. The second kappa shape index (κ2) is 7.74. The van der Waals surface area contributed by atoms with E-state index in [9.17, 15) is 9.59 Å². The topological polar surface area (TPSA) is 71.8 Å². The molecular formula is C20H24N2O4. The lowest BCUT2D eigenvalue weighted by Gasteiger charge is -2.34. The van der Waals surface area contributed by atoms with Gasteiger partial charge in [0.15, 0.2) is 0 Å². The number of hydrogen-bond acceptors (Lipinski definition) is 3. The first-order valence-electron chi connectivity index (χ1n) is 8.78. The number of carboxylic acids is 1. The molecule has 1 N–H and O–H groups in total. The number of carbonyl (C=O) groups excluding carboxylic acids is 1. The maximum atomic E-state index is 13.1. The van der Waals surface area contributed by atoms with Crippen LogP contribution in [0.4, 0.5) is 0 Å². The number of aryl methyl sites for hydroxylation is 1. The van der Waals surface area contributed by atoms with Crippen LogP contribution in [0.5, 0.6) is 0 Å². The van der Waals surface area contributed by atoms with E-state index in [4.69, 9.17) is 9.84 Å². The summed E-state index contributed by atoms with van der Waals surface area (Å²) in [6, 6.07) is 11.6. The molecule has 2 heterocycles. The fourth-order valence-corrected chi connectivity index (χ4v) is 3.47. The summed E-state index contributed by atoms with van der Waals surface area (Å²) in [5.41, 5.74) is 3.72. The molecule has 1 aliphatic rings. The molecule has 6 heteroatoms. The summed E-state index contributed by atoms with van der Waals surface area (Å²) in [6.07, 6.45) is -0.103. The van der Waals surface area contributed by atoms with E-state index >= 15 is 0 Å². The van der Waals surface area contributed by atoms with Crippen molar-refractivity contribution in [3.8, 4) is 0 Å². The molecule has 1 aromatic carbocycles. The zero-order valence-electron chi connectivity index (χ0n) is 15.1. The minimum absolute atomic E-state index is 0.103. The molecule has 1 aliphatic heterocycles. The van der Waals surface area contributed by atoms with E-state index in [-0.39, 0.29) is 18.9 Å². The van der Waals surface area contributed by atoms with Gasteiger partial charge in [0.2, 0.25) is 0 Å². The standard InChI is InChI=1S/C20H24N2O4/c1-14-10-18(15(2)22(14)12-16-6-4-3-5-7-16)20(25)21-8-9-26-13-17(21)11-19(23)24/h3-7,10,17H,8-9,11-13H2,1-2H3,(H,23,24). The van der Waals surface area contributed by atoms with Crippen LogP contribution in [0.25, 0.3) is 0 Å². The summed E-state index contributed by atoms with van der Waals surface area (Å²) in [7, 11) is 0. The summed E-state index contributed by atoms with van der Waals surface area (Å²) in [5, 5.41) is 9.11. The van der Waals surface area contributed by atoms with Crippen molar-refractivity contribution in [2.24, 2.45) is 0 Å². The molecule has 6 nitrogen and oxygen atoms in total. The largest absolute Gasteiger partial charge is 0.481 e. The van der Waals surface area contributed by atoms with Crippen molar-refractivity contribution in [1.29, 1.82) is 0 Å². The monoisotopic (exact) mass is 356 g/mol. The Bertz CT molecular complexity index is 798. The lowest BCUT2D eigenvalue weighted by Crippen LogP contribution is -2.49. The molecule has 3 rings (SSSR count). The van der Waals surface area contributed by atoms with Gasteiger partial charge in [0.05, 0.1) is 31.2 Å². The summed E-state index contributed by atoms with van der Waals surface area (Å²) >= 11 is 0. The Hall–Kier alpha value is -2.60. The zero-order valence-corrected chi connectivity index (χ0v) is 15.1. The Labute approximate surface area is 153 Å². The van der Waals surface area contributed by atoms with Gasteiger partial charge in [-0.15, -0.1) is 0 Å². The van der Waals surface area contributed by atoms with E-state index in [1.54, 1.807) is 4.90 Å². The van der Waals surface area contributed by atoms with E-state index in [1.807, 2.05) is 38.1 Å². The van der Waals surface area contributed by atoms with Gasteiger partial charge in [-0.05, 0) is 25.5 Å². The van der Waals surface area contributed by atoms with E-state index in [2.05, 4.69) is 16.7 Å². The number of ether oxygens (including phenoxy) is 1. The number of nitrogens with zero attached hydrogens (tertiary/aromatic N) is 2. The van der Waals surface area contributed by atoms with Gasteiger partial charge in [0.1, 0.15) is 0 Å². The summed E-state index contributed by atoms with van der Waals surface area (Å²) in [4.78, 5) is 25.8. The molecule has 1 fully saturated rings. The molecule has 1 amide bonds. The van der Waals surface area contributed by atoms with Crippen LogP contribution < -0.4 is 0 Å². The SMILES string of the molecule is Cc1cc(C(=O)N2CCOCC2CC(=O)O)c(C)n1Cc1ccccc1. The Kier molecular flexibility index (Phi) is 5.42. The average molecular weight is 356 g/mol. The number of rotatable bonds is 5. The van der Waals surface area contributed by atoms with Gasteiger partial charge in [-0.3, -0.25) is 9.59 Å². The van der Waals surface area contributed by atoms with Crippen LogP contribution in [0.2, 0.25) is 0 Å². The Balaban J connectivity index is 1.85. The number of carbonyl (C=O) groups is 2. The van der Waals surface area contributed by atoms with Crippen molar-refractivity contribution in [3.63, 3.8) is 0 Å². The molecule has 1 aromatic heterocycles. The van der Waals surface area contributed by atoms with Gasteiger partial charge in [-0.2, -0.15) is 0 Å². The van der Waals surface area contributed by atoms with Gasteiger partial charge >= 0.3 is 5.97 Å². The number of aliphatic carboxylic acids is 1. The second-order valence-corrected chi connectivity index (χ2v) is 6.68. The Morgan fingerprint density at radius 3 is 2.65 bits per heavy atom. The molecule has 138 valence electrons. The lowest BCUT2D eigenvalue weighted by atomic mass is 10.1. The Morgan fingerprint density at radius 1 is 1.23 bits per heavy atom. The van der Waals surface area contributed by atoms with Crippen molar-refractivity contribution >= 4 is 11.9 Å². The molecule has 1 saturated heterocycles. The molecule has 26 heavy (non-hydrogen) atoms. The van der Waals surface area contributed by atoms with E-state index in [0.29, 0.717) is 25.3 Å². The minimum Gasteiger partial charge on any atom is -0.481 e. The third-order valence-electron chi connectivity index (χ3n) is 4.89. The van der Waals surface area contributed by atoms with Crippen molar-refractivity contribution in [2.75, 3.05) is 19.8 Å². The zero-order chi connectivity index (χ0) is 18.7. The highest BCUT2D eigenvalue weighted by molar-refractivity contribution is 5.96. The van der Waals surface area contributed by atoms with Gasteiger partial charge in [-0.1, -0.05) is 30.3 Å². The van der Waals surface area contributed by atoms with Crippen LogP contribution in [0, 0.1) is 13.8 Å². The molecule has 1 unspecified atom stereocenters. The number of morpholine rings is 1. The van der Waals surface area contributed by atoms with Crippen LogP contribution in [-0.4, -0.2) is 52.3 Å². The highest BCUT2D eigenvalue weighted by Gasteiger charge is 2.31. The molecule has 0 spiro atoms. The second-order valence-electron chi connectivity index (χ2n) is 6.68. The van der Waals surface area contributed by atoms with Crippen LogP contribution in [0.3, 0.4) is 0 Å². The van der Waals surface area contributed by atoms with Gasteiger partial charge in [0, 0.05) is 24.5 Å². The number of carboxylic acid groups (broad SMARTS) is 1. The van der Waals surface area contributed by atoms with E-state index < -0.39 is 12.0 Å². The fraction of sp³-hybridized carbons (Fsp3) is 0.400. The van der Waals surface area contributed by atoms with E-state index in [0.717, 1.165) is 11.4 Å². The predicted octanol–water partition coefficient (Wildman–Crippen LogP) is 2.47. The van der Waals surface area contributed by atoms with Crippen LogP contribution in [0.1, 0.15) is 33.7 Å². The first-order valence-corrected chi connectivity index (χ1v) is 8.78. The highest BCUT2D eigenvalue weighted by atomic mass is 16.5. The third kappa shape index (κ3) is 3.80. The smallest absolute Gasteiger partial charge is 0.305 e. The van der Waals surface area contributed by atoms with Crippen molar-refractivity contribution < 1.29 is 19.4 Å². The number of benzene rings is 1. The molecule has 0 saturated carbocycles. The van der Waals surface area contributed by atoms with Gasteiger partial charge in [-0.25, -0.2) is 0 Å². The number of amides is 1. The minimum atomic E-state index is -0.923. The van der Waals surface area contributed by atoms with Gasteiger partial charge < -0.3 is 19.3 Å². The first-order chi connectivity index (χ1) is 12.5. The molecule has 2 aromatic rings. The quantitative estimate of drug-likeness (QED) is 0.893. The third-order valence-corrected chi connectivity index (χ3v) is 4.89. The number of aromatic nitrogens is 1.